The molecule has 1 aromatic rings. The van der Waals surface area contributed by atoms with E-state index < -0.39 is 0 Å². The van der Waals surface area contributed by atoms with Crippen molar-refractivity contribution in [2.24, 2.45) is 0 Å². The molecule has 0 N–H and O–H groups in total. The number of Topliss-reactive ketones (excluding diaryl/α,β-unsaturated/α-hetero) is 1. The Bertz CT molecular complexity index is 288. The third kappa shape index (κ3) is 3.60. The van der Waals surface area contributed by atoms with Crippen molar-refractivity contribution >= 4 is 17.1 Å². The van der Waals surface area contributed by atoms with Gasteiger partial charge in [0.25, 0.3) is 0 Å². The number of carbonyl (C=O) groups is 1. The molecule has 1 rings (SSSR count). The molecule has 1 heterocycles. The molecule has 0 aliphatic carbocycles. The van der Waals surface area contributed by atoms with Gasteiger partial charge in [0.15, 0.2) is 0 Å². The average molecular weight is 212 g/mol. The van der Waals surface area contributed by atoms with Crippen LogP contribution in [0, 0.1) is 0 Å². The van der Waals surface area contributed by atoms with Crippen molar-refractivity contribution < 1.29 is 9.53 Å². The molecule has 2 nitrogen and oxygen atoms in total. The number of rotatable bonds is 5. The van der Waals surface area contributed by atoms with Crippen LogP contribution in [0.4, 0.5) is 0 Å². The van der Waals surface area contributed by atoms with E-state index in [-0.39, 0.29) is 11.4 Å². The maximum Gasteiger partial charge on any atom is 0.140 e. The highest BCUT2D eigenvalue weighted by Crippen LogP contribution is 2.16. The van der Waals surface area contributed by atoms with Gasteiger partial charge in [0, 0.05) is 20.0 Å². The quantitative estimate of drug-likeness (QED) is 0.750. The Morgan fingerprint density at radius 3 is 2.79 bits per heavy atom. The van der Waals surface area contributed by atoms with Crippen LogP contribution in [0.15, 0.2) is 16.8 Å². The molecule has 1 aromatic heterocycles. The van der Waals surface area contributed by atoms with Crippen LogP contribution in [0.3, 0.4) is 0 Å². The van der Waals surface area contributed by atoms with Gasteiger partial charge in [0.2, 0.25) is 0 Å². The van der Waals surface area contributed by atoms with Gasteiger partial charge in [0.05, 0.1) is 5.60 Å². The molecule has 0 aliphatic heterocycles. The number of hydrogen-bond donors (Lipinski definition) is 0. The third-order valence-electron chi connectivity index (χ3n) is 2.16. The smallest absolute Gasteiger partial charge is 0.140 e. The number of ether oxygens (including phenoxy) is 1. The Morgan fingerprint density at radius 2 is 2.29 bits per heavy atom. The van der Waals surface area contributed by atoms with Gasteiger partial charge >= 0.3 is 0 Å². The van der Waals surface area contributed by atoms with Crippen LogP contribution in [0.5, 0.6) is 0 Å². The third-order valence-corrected chi connectivity index (χ3v) is 2.89. The van der Waals surface area contributed by atoms with Crippen molar-refractivity contribution in [1.29, 1.82) is 0 Å². The first-order chi connectivity index (χ1) is 6.53. The van der Waals surface area contributed by atoms with Crippen LogP contribution >= 0.6 is 11.3 Å². The number of hydrogen-bond acceptors (Lipinski definition) is 3. The standard InChI is InChI=1S/C11H16O2S/c1-11(2,13-3)7-10(12)6-9-4-5-14-8-9/h4-5,8H,6-7H2,1-3H3. The van der Waals surface area contributed by atoms with Crippen molar-refractivity contribution in [1.82, 2.24) is 0 Å². The summed E-state index contributed by atoms with van der Waals surface area (Å²) in [6.07, 6.45) is 0.996. The van der Waals surface area contributed by atoms with Gasteiger partial charge in [-0.05, 0) is 36.2 Å². The van der Waals surface area contributed by atoms with Gasteiger partial charge in [-0.3, -0.25) is 4.79 Å². The highest BCUT2D eigenvalue weighted by molar-refractivity contribution is 7.07. The summed E-state index contributed by atoms with van der Waals surface area (Å²) < 4.78 is 5.21. The summed E-state index contributed by atoms with van der Waals surface area (Å²) in [6, 6.07) is 1.99. The normalized spacial score (nSPS) is 11.6. The summed E-state index contributed by atoms with van der Waals surface area (Å²) in [7, 11) is 1.64. The van der Waals surface area contributed by atoms with Gasteiger partial charge in [-0.25, -0.2) is 0 Å². The second-order valence-corrected chi connectivity index (χ2v) is 4.77. The molecule has 0 atom stereocenters. The summed E-state index contributed by atoms with van der Waals surface area (Å²) in [5.41, 5.74) is 0.763. The van der Waals surface area contributed by atoms with E-state index >= 15 is 0 Å². The van der Waals surface area contributed by atoms with Gasteiger partial charge in [0.1, 0.15) is 5.78 Å². The summed E-state index contributed by atoms with van der Waals surface area (Å²) >= 11 is 1.62. The number of ketones is 1. The summed E-state index contributed by atoms with van der Waals surface area (Å²) in [4.78, 5) is 11.6. The molecule has 78 valence electrons. The van der Waals surface area contributed by atoms with Gasteiger partial charge in [-0.1, -0.05) is 0 Å². The molecule has 0 aromatic carbocycles. The lowest BCUT2D eigenvalue weighted by Crippen LogP contribution is -2.27. The zero-order chi connectivity index (χ0) is 10.6. The zero-order valence-corrected chi connectivity index (χ0v) is 9.69. The van der Waals surface area contributed by atoms with Crippen molar-refractivity contribution in [3.05, 3.63) is 22.4 Å². The summed E-state index contributed by atoms with van der Waals surface area (Å²) in [5, 5.41) is 4.00. The second kappa shape index (κ2) is 4.71. The minimum absolute atomic E-state index is 0.232. The van der Waals surface area contributed by atoms with E-state index in [2.05, 4.69) is 0 Å². The first-order valence-corrected chi connectivity index (χ1v) is 5.56. The highest BCUT2D eigenvalue weighted by Gasteiger charge is 2.20. The summed E-state index contributed by atoms with van der Waals surface area (Å²) in [5.74, 6) is 0.232. The van der Waals surface area contributed by atoms with Crippen LogP contribution in [0.25, 0.3) is 0 Å². The van der Waals surface area contributed by atoms with Crippen molar-refractivity contribution in [2.45, 2.75) is 32.3 Å². The minimum Gasteiger partial charge on any atom is -0.378 e. The van der Waals surface area contributed by atoms with Crippen LogP contribution < -0.4 is 0 Å². The van der Waals surface area contributed by atoms with Crippen molar-refractivity contribution in [3.8, 4) is 0 Å². The van der Waals surface area contributed by atoms with Gasteiger partial charge < -0.3 is 4.74 Å². The molecule has 0 saturated carbocycles. The molecule has 0 saturated heterocycles. The number of thiophene rings is 1. The molecule has 14 heavy (non-hydrogen) atoms. The van der Waals surface area contributed by atoms with E-state index in [1.165, 1.54) is 0 Å². The van der Waals surface area contributed by atoms with E-state index in [1.54, 1.807) is 18.4 Å². The highest BCUT2D eigenvalue weighted by atomic mass is 32.1. The number of methoxy groups -OCH3 is 1. The van der Waals surface area contributed by atoms with Crippen LogP contribution in [-0.2, 0) is 16.0 Å². The lowest BCUT2D eigenvalue weighted by molar-refractivity contribution is -0.123. The Balaban J connectivity index is 2.44. The Labute approximate surface area is 88.9 Å². The predicted octanol–water partition coefficient (Wildman–Crippen LogP) is 2.67. The fourth-order valence-corrected chi connectivity index (χ4v) is 1.90. The fourth-order valence-electron chi connectivity index (χ4n) is 1.23. The van der Waals surface area contributed by atoms with Crippen LogP contribution in [0.2, 0.25) is 0 Å². The Morgan fingerprint density at radius 1 is 1.57 bits per heavy atom. The van der Waals surface area contributed by atoms with E-state index in [0.29, 0.717) is 12.8 Å². The SMILES string of the molecule is COC(C)(C)CC(=O)Cc1ccsc1. The van der Waals surface area contributed by atoms with Crippen LogP contribution in [0.1, 0.15) is 25.8 Å². The molecule has 0 aliphatic rings. The maximum atomic E-state index is 11.6. The molecule has 0 bridgehead atoms. The fraction of sp³-hybridized carbons (Fsp3) is 0.545. The average Bonchev–Trinajstić information content (AvgIpc) is 2.55. The molecular formula is C11H16O2S. The second-order valence-electron chi connectivity index (χ2n) is 3.99. The Kier molecular flexibility index (Phi) is 3.84. The number of carbonyl (C=O) groups excluding carboxylic acids is 1. The molecule has 0 fully saturated rings. The van der Waals surface area contributed by atoms with E-state index in [4.69, 9.17) is 4.74 Å². The van der Waals surface area contributed by atoms with E-state index in [9.17, 15) is 4.79 Å². The molecule has 0 spiro atoms. The van der Waals surface area contributed by atoms with Gasteiger partial charge in [-0.2, -0.15) is 11.3 Å². The lowest BCUT2D eigenvalue weighted by atomic mass is 9.98. The molecular weight excluding hydrogens is 196 g/mol. The first-order valence-electron chi connectivity index (χ1n) is 4.61. The topological polar surface area (TPSA) is 26.3 Å². The molecule has 0 radical (unpaired) electrons. The molecule has 0 unspecified atom stereocenters. The maximum absolute atomic E-state index is 11.6. The lowest BCUT2D eigenvalue weighted by Gasteiger charge is -2.21. The van der Waals surface area contributed by atoms with Gasteiger partial charge in [-0.15, -0.1) is 0 Å². The monoisotopic (exact) mass is 212 g/mol. The summed E-state index contributed by atoms with van der Waals surface area (Å²) in [6.45, 7) is 3.86. The Hall–Kier alpha value is -0.670. The zero-order valence-electron chi connectivity index (χ0n) is 8.87. The first kappa shape index (κ1) is 11.4. The van der Waals surface area contributed by atoms with E-state index in [1.807, 2.05) is 30.7 Å². The molecule has 3 heteroatoms. The predicted molar refractivity (Wildman–Crippen MR) is 58.7 cm³/mol. The van der Waals surface area contributed by atoms with Crippen LogP contribution in [-0.4, -0.2) is 18.5 Å². The van der Waals surface area contributed by atoms with Crippen molar-refractivity contribution in [2.75, 3.05) is 7.11 Å². The molecule has 0 amide bonds. The van der Waals surface area contributed by atoms with E-state index in [0.717, 1.165) is 5.56 Å². The largest absolute Gasteiger partial charge is 0.378 e. The minimum atomic E-state index is -0.340. The van der Waals surface area contributed by atoms with Crippen molar-refractivity contribution in [3.63, 3.8) is 0 Å².